The van der Waals surface area contributed by atoms with Crippen LogP contribution in [-0.2, 0) is 5.41 Å². The van der Waals surface area contributed by atoms with E-state index in [4.69, 9.17) is 4.42 Å². The van der Waals surface area contributed by atoms with E-state index < -0.39 is 0 Å². The number of nitrogens with zero attached hydrogens (tertiary/aromatic N) is 1. The van der Waals surface area contributed by atoms with Gasteiger partial charge in [0.1, 0.15) is 11.2 Å². The molecule has 0 atom stereocenters. The Bertz CT molecular complexity index is 3430. The van der Waals surface area contributed by atoms with Gasteiger partial charge >= 0.3 is 0 Å². The molecule has 0 unspecified atom stereocenters. The average molecular weight is 754 g/mol. The van der Waals surface area contributed by atoms with E-state index in [1.807, 2.05) is 0 Å². The van der Waals surface area contributed by atoms with Gasteiger partial charge in [0.05, 0.1) is 5.69 Å². The van der Waals surface area contributed by atoms with Gasteiger partial charge in [-0.15, -0.1) is 0 Å². The molecule has 10 aromatic carbocycles. The maximum Gasteiger partial charge on any atom is 0.136 e. The van der Waals surface area contributed by atoms with Crippen LogP contribution in [-0.4, -0.2) is 0 Å². The molecule has 0 N–H and O–H groups in total. The normalized spacial score (nSPS) is 13.1. The summed E-state index contributed by atoms with van der Waals surface area (Å²) in [7, 11) is 0. The summed E-state index contributed by atoms with van der Waals surface area (Å²) in [6, 6.07) is 73.2. The molecule has 2 nitrogen and oxygen atoms in total. The molecule has 1 aliphatic rings. The summed E-state index contributed by atoms with van der Waals surface area (Å²) in [4.78, 5) is 2.49. The number of anilines is 3. The Labute approximate surface area is 343 Å². The summed E-state index contributed by atoms with van der Waals surface area (Å²) < 4.78 is 6.44. The van der Waals surface area contributed by atoms with E-state index in [0.29, 0.717) is 0 Å². The summed E-state index contributed by atoms with van der Waals surface area (Å²) in [6.45, 7) is 4.73. The summed E-state index contributed by atoms with van der Waals surface area (Å²) in [5.74, 6) is 0. The van der Waals surface area contributed by atoms with Crippen molar-refractivity contribution in [3.8, 4) is 33.4 Å². The number of para-hydroxylation sites is 1. The van der Waals surface area contributed by atoms with Crippen LogP contribution in [0.25, 0.3) is 87.6 Å². The Balaban J connectivity index is 1.12. The monoisotopic (exact) mass is 753 g/mol. The fourth-order valence-electron chi connectivity index (χ4n) is 10.0. The largest absolute Gasteiger partial charge is 0.456 e. The van der Waals surface area contributed by atoms with Crippen molar-refractivity contribution in [2.45, 2.75) is 19.3 Å². The third-order valence-electron chi connectivity index (χ3n) is 12.8. The standard InChI is InChI=1S/C57H39NO/c1-57(2)49-23-10-8-18-42(49)43-31-30-41(35-50(43)57)58(40-17-12-16-39(34-40)38-28-26-37(27-29-38)36-14-4-3-5-15-36)51-24-13-22-45-47-32-33-53-56(48-21-9-11-25-52(48)59-53)55(47)46-20-7-6-19-44(46)54(45)51/h3-35H,1-2H3. The van der Waals surface area contributed by atoms with Crippen molar-refractivity contribution in [2.75, 3.05) is 4.90 Å². The Morgan fingerprint density at radius 3 is 1.75 bits per heavy atom. The molecular formula is C57H39NO. The smallest absolute Gasteiger partial charge is 0.136 e. The van der Waals surface area contributed by atoms with Crippen LogP contribution >= 0.6 is 0 Å². The maximum absolute atomic E-state index is 6.44. The molecule has 1 heterocycles. The lowest BCUT2D eigenvalue weighted by atomic mass is 9.82. The van der Waals surface area contributed by atoms with Crippen molar-refractivity contribution in [2.24, 2.45) is 0 Å². The molecule has 0 amide bonds. The maximum atomic E-state index is 6.44. The van der Waals surface area contributed by atoms with Gasteiger partial charge in [-0.25, -0.2) is 0 Å². The fraction of sp³-hybridized carbons (Fsp3) is 0.0526. The average Bonchev–Trinajstić information content (AvgIpc) is 3.79. The van der Waals surface area contributed by atoms with Crippen LogP contribution in [0, 0.1) is 0 Å². The third-order valence-corrected chi connectivity index (χ3v) is 12.8. The van der Waals surface area contributed by atoms with Crippen LogP contribution in [0.5, 0.6) is 0 Å². The Kier molecular flexibility index (Phi) is 7.31. The quantitative estimate of drug-likeness (QED) is 0.163. The van der Waals surface area contributed by atoms with Gasteiger partial charge < -0.3 is 9.32 Å². The molecular weight excluding hydrogens is 715 g/mol. The van der Waals surface area contributed by atoms with Crippen molar-refractivity contribution in [1.29, 1.82) is 0 Å². The molecule has 11 aromatic rings. The molecule has 0 spiro atoms. The van der Waals surface area contributed by atoms with Gasteiger partial charge in [-0.05, 0) is 115 Å². The van der Waals surface area contributed by atoms with Gasteiger partial charge in [0.25, 0.3) is 0 Å². The Hall–Kier alpha value is -7.42. The summed E-state index contributed by atoms with van der Waals surface area (Å²) >= 11 is 0. The Morgan fingerprint density at radius 1 is 0.356 bits per heavy atom. The zero-order chi connectivity index (χ0) is 39.2. The van der Waals surface area contributed by atoms with E-state index in [-0.39, 0.29) is 5.41 Å². The first-order valence-electron chi connectivity index (χ1n) is 20.5. The zero-order valence-electron chi connectivity index (χ0n) is 32.9. The molecule has 278 valence electrons. The second kappa shape index (κ2) is 12.8. The fourth-order valence-corrected chi connectivity index (χ4v) is 10.0. The number of benzene rings is 10. The van der Waals surface area contributed by atoms with Crippen molar-refractivity contribution < 1.29 is 4.42 Å². The Morgan fingerprint density at radius 2 is 0.932 bits per heavy atom. The minimum absolute atomic E-state index is 0.143. The van der Waals surface area contributed by atoms with Gasteiger partial charge in [-0.1, -0.05) is 166 Å². The highest BCUT2D eigenvalue weighted by atomic mass is 16.3. The SMILES string of the molecule is CC1(C)c2ccccc2-c2ccc(N(c3cccc(-c4ccc(-c5ccccc5)cc4)c3)c3cccc4c5ccc6oc7ccccc7c6c5c5ccccc5c34)cc21. The van der Waals surface area contributed by atoms with Crippen molar-refractivity contribution >= 4 is 71.3 Å². The van der Waals surface area contributed by atoms with Gasteiger partial charge in [-0.2, -0.15) is 0 Å². The molecule has 12 rings (SSSR count). The first kappa shape index (κ1) is 33.7. The van der Waals surface area contributed by atoms with Crippen LogP contribution in [0.1, 0.15) is 25.0 Å². The minimum Gasteiger partial charge on any atom is -0.456 e. The minimum atomic E-state index is -0.143. The lowest BCUT2D eigenvalue weighted by Gasteiger charge is -2.30. The molecule has 1 aromatic heterocycles. The van der Waals surface area contributed by atoms with E-state index in [1.165, 1.54) is 82.2 Å². The summed E-state index contributed by atoms with van der Waals surface area (Å²) in [5.41, 5.74) is 15.2. The second-order valence-electron chi connectivity index (χ2n) is 16.4. The van der Waals surface area contributed by atoms with Crippen LogP contribution in [0.2, 0.25) is 0 Å². The molecule has 0 bridgehead atoms. The number of rotatable bonds is 5. The van der Waals surface area contributed by atoms with Crippen molar-refractivity contribution in [3.63, 3.8) is 0 Å². The van der Waals surface area contributed by atoms with Crippen molar-refractivity contribution in [3.05, 3.63) is 211 Å². The first-order chi connectivity index (χ1) is 29.0. The predicted molar refractivity (Wildman–Crippen MR) is 249 cm³/mol. The lowest BCUT2D eigenvalue weighted by molar-refractivity contribution is 0.660. The number of furan rings is 1. The molecule has 59 heavy (non-hydrogen) atoms. The van der Waals surface area contributed by atoms with Gasteiger partial charge in [0, 0.05) is 38.3 Å². The molecule has 2 heteroatoms. The van der Waals surface area contributed by atoms with Crippen LogP contribution in [0.15, 0.2) is 205 Å². The highest BCUT2D eigenvalue weighted by molar-refractivity contribution is 6.36. The van der Waals surface area contributed by atoms with E-state index in [2.05, 4.69) is 219 Å². The van der Waals surface area contributed by atoms with Gasteiger partial charge in [-0.3, -0.25) is 0 Å². The molecule has 0 saturated heterocycles. The van der Waals surface area contributed by atoms with E-state index in [0.717, 1.165) is 33.6 Å². The second-order valence-corrected chi connectivity index (χ2v) is 16.4. The van der Waals surface area contributed by atoms with E-state index >= 15 is 0 Å². The first-order valence-corrected chi connectivity index (χ1v) is 20.5. The lowest BCUT2D eigenvalue weighted by Crippen LogP contribution is -2.16. The molecule has 0 saturated carbocycles. The molecule has 0 radical (unpaired) electrons. The van der Waals surface area contributed by atoms with Crippen LogP contribution in [0.3, 0.4) is 0 Å². The molecule has 1 aliphatic carbocycles. The highest BCUT2D eigenvalue weighted by Crippen LogP contribution is 2.52. The third kappa shape index (κ3) is 5.06. The zero-order valence-corrected chi connectivity index (χ0v) is 32.9. The molecule has 0 fully saturated rings. The summed E-state index contributed by atoms with van der Waals surface area (Å²) in [5, 5.41) is 9.65. The predicted octanol–water partition coefficient (Wildman–Crippen LogP) is 16.2. The summed E-state index contributed by atoms with van der Waals surface area (Å²) in [6.07, 6.45) is 0. The highest BCUT2D eigenvalue weighted by Gasteiger charge is 2.36. The van der Waals surface area contributed by atoms with E-state index in [9.17, 15) is 0 Å². The van der Waals surface area contributed by atoms with Gasteiger partial charge in [0.15, 0.2) is 0 Å². The number of fused-ring (bicyclic) bond motifs is 13. The topological polar surface area (TPSA) is 16.4 Å². The number of hydrogen-bond acceptors (Lipinski definition) is 2. The van der Waals surface area contributed by atoms with Gasteiger partial charge in [0.2, 0.25) is 0 Å². The van der Waals surface area contributed by atoms with Crippen LogP contribution < -0.4 is 4.90 Å². The van der Waals surface area contributed by atoms with E-state index in [1.54, 1.807) is 0 Å². The molecule has 0 aliphatic heterocycles. The van der Waals surface area contributed by atoms with Crippen LogP contribution in [0.4, 0.5) is 17.1 Å². The number of hydrogen-bond donors (Lipinski definition) is 0. The van der Waals surface area contributed by atoms with Crippen molar-refractivity contribution in [1.82, 2.24) is 0 Å².